The molecule has 2 amide bonds. The van der Waals surface area contributed by atoms with Gasteiger partial charge in [0.05, 0.1) is 24.3 Å². The lowest BCUT2D eigenvalue weighted by Crippen LogP contribution is -2.27. The van der Waals surface area contributed by atoms with E-state index in [1.54, 1.807) is 37.3 Å². The summed E-state index contributed by atoms with van der Waals surface area (Å²) in [6, 6.07) is 15.1. The molecule has 4 rings (SSSR count). The Hall–Kier alpha value is -5.08. The molecule has 0 radical (unpaired) electrons. The van der Waals surface area contributed by atoms with Crippen molar-refractivity contribution in [3.8, 4) is 5.75 Å². The zero-order chi connectivity index (χ0) is 31.9. The molecule has 232 valence electrons. The number of nitrogens with one attached hydrogen (secondary N) is 2. The minimum Gasteiger partial charge on any atom is -0.406 e. The number of amides is 2. The van der Waals surface area contributed by atoms with E-state index in [4.69, 9.17) is 0 Å². The van der Waals surface area contributed by atoms with Crippen LogP contribution in [0.1, 0.15) is 40.9 Å². The lowest BCUT2D eigenvalue weighted by Gasteiger charge is -2.14. The van der Waals surface area contributed by atoms with E-state index >= 15 is 0 Å². The number of hydrogen-bond acceptors (Lipinski definition) is 6. The summed E-state index contributed by atoms with van der Waals surface area (Å²) in [7, 11) is 0. The number of pyridine rings is 1. The summed E-state index contributed by atoms with van der Waals surface area (Å²) in [6.45, 7) is 1.02. The Bertz CT molecular complexity index is 1660. The second-order valence-corrected chi connectivity index (χ2v) is 9.75. The SMILES string of the molecule is CC(C(=O)Nc1ccn(CCC(F)Cn2cc(C(=O)NCc3cccc(OC(F)(F)F)c3)nn2)c(=O)c1F)c1ccccc1. The number of aryl methyl sites for hydroxylation is 1. The van der Waals surface area contributed by atoms with Crippen LogP contribution in [0.25, 0.3) is 0 Å². The van der Waals surface area contributed by atoms with Crippen molar-refractivity contribution in [2.24, 2.45) is 0 Å². The van der Waals surface area contributed by atoms with Gasteiger partial charge >= 0.3 is 6.36 Å². The number of rotatable bonds is 12. The van der Waals surface area contributed by atoms with Crippen LogP contribution in [0.5, 0.6) is 5.75 Å². The van der Waals surface area contributed by atoms with Crippen molar-refractivity contribution in [1.29, 1.82) is 0 Å². The number of carbonyl (C=O) groups is 2. The molecular formula is C29H27F5N6O4. The zero-order valence-corrected chi connectivity index (χ0v) is 23.2. The van der Waals surface area contributed by atoms with Gasteiger partial charge in [-0.15, -0.1) is 18.3 Å². The number of halogens is 5. The molecule has 0 aliphatic rings. The van der Waals surface area contributed by atoms with Crippen LogP contribution < -0.4 is 20.9 Å². The largest absolute Gasteiger partial charge is 0.573 e. The summed E-state index contributed by atoms with van der Waals surface area (Å²) in [5.41, 5.74) is -0.418. The summed E-state index contributed by atoms with van der Waals surface area (Å²) in [5.74, 6) is -3.40. The van der Waals surface area contributed by atoms with E-state index in [0.29, 0.717) is 5.56 Å². The van der Waals surface area contributed by atoms with Gasteiger partial charge in [-0.3, -0.25) is 14.4 Å². The lowest BCUT2D eigenvalue weighted by atomic mass is 10.0. The minimum absolute atomic E-state index is 0.133. The van der Waals surface area contributed by atoms with Crippen molar-refractivity contribution in [3.05, 3.63) is 106 Å². The average Bonchev–Trinajstić information content (AvgIpc) is 3.45. The van der Waals surface area contributed by atoms with Crippen LogP contribution in [0.15, 0.2) is 77.9 Å². The smallest absolute Gasteiger partial charge is 0.406 e. The quantitative estimate of drug-likeness (QED) is 0.225. The minimum atomic E-state index is -4.85. The van der Waals surface area contributed by atoms with Crippen molar-refractivity contribution in [2.45, 2.75) is 51.4 Å². The molecule has 2 atom stereocenters. The fraction of sp³-hybridized carbons (Fsp3) is 0.276. The Morgan fingerprint density at radius 2 is 1.82 bits per heavy atom. The highest BCUT2D eigenvalue weighted by atomic mass is 19.4. The van der Waals surface area contributed by atoms with E-state index in [1.165, 1.54) is 30.6 Å². The van der Waals surface area contributed by atoms with Gasteiger partial charge < -0.3 is 19.9 Å². The number of hydrogen-bond donors (Lipinski definition) is 2. The van der Waals surface area contributed by atoms with Crippen LogP contribution in [-0.2, 0) is 24.4 Å². The highest BCUT2D eigenvalue weighted by Gasteiger charge is 2.31. The summed E-state index contributed by atoms with van der Waals surface area (Å²) < 4.78 is 72.6. The second kappa shape index (κ2) is 13.9. The van der Waals surface area contributed by atoms with Crippen LogP contribution in [0.3, 0.4) is 0 Å². The third kappa shape index (κ3) is 8.72. The summed E-state index contributed by atoms with van der Waals surface area (Å²) in [6.07, 6.45) is -4.17. The highest BCUT2D eigenvalue weighted by Crippen LogP contribution is 2.23. The van der Waals surface area contributed by atoms with Crippen LogP contribution in [-0.4, -0.2) is 43.9 Å². The van der Waals surface area contributed by atoms with E-state index in [9.17, 15) is 36.3 Å². The number of anilines is 1. The molecule has 15 heteroatoms. The molecule has 0 saturated carbocycles. The Balaban J connectivity index is 1.27. The van der Waals surface area contributed by atoms with Gasteiger partial charge in [-0.25, -0.2) is 9.07 Å². The maximum absolute atomic E-state index is 14.7. The average molecular weight is 619 g/mol. The van der Waals surface area contributed by atoms with Crippen molar-refractivity contribution in [1.82, 2.24) is 24.9 Å². The number of ether oxygens (including phenoxy) is 1. The van der Waals surface area contributed by atoms with Gasteiger partial charge in [0.1, 0.15) is 11.9 Å². The predicted octanol–water partition coefficient (Wildman–Crippen LogP) is 4.58. The molecule has 2 heterocycles. The van der Waals surface area contributed by atoms with Gasteiger partial charge in [0.15, 0.2) is 5.69 Å². The molecule has 2 aromatic carbocycles. The van der Waals surface area contributed by atoms with Crippen molar-refractivity contribution >= 4 is 17.5 Å². The number of nitrogens with zero attached hydrogens (tertiary/aromatic N) is 4. The normalized spacial score (nSPS) is 12.8. The number of carbonyl (C=O) groups excluding carboxylic acids is 2. The Labute approximate surface area is 247 Å². The fourth-order valence-electron chi connectivity index (χ4n) is 4.14. The molecule has 0 bridgehead atoms. The van der Waals surface area contributed by atoms with Gasteiger partial charge in [0.2, 0.25) is 11.7 Å². The van der Waals surface area contributed by atoms with Gasteiger partial charge in [-0.05, 0) is 42.7 Å². The van der Waals surface area contributed by atoms with E-state index < -0.39 is 47.4 Å². The van der Waals surface area contributed by atoms with Gasteiger partial charge in [-0.2, -0.15) is 4.39 Å². The third-order valence-electron chi connectivity index (χ3n) is 6.48. The van der Waals surface area contributed by atoms with E-state index in [1.807, 2.05) is 0 Å². The molecular weight excluding hydrogens is 591 g/mol. The third-order valence-corrected chi connectivity index (χ3v) is 6.48. The molecule has 0 aliphatic carbocycles. The summed E-state index contributed by atoms with van der Waals surface area (Å²) >= 11 is 0. The predicted molar refractivity (Wildman–Crippen MR) is 148 cm³/mol. The zero-order valence-electron chi connectivity index (χ0n) is 23.2. The van der Waals surface area contributed by atoms with E-state index in [0.717, 1.165) is 26.9 Å². The Morgan fingerprint density at radius 1 is 1.07 bits per heavy atom. The van der Waals surface area contributed by atoms with Crippen LogP contribution >= 0.6 is 0 Å². The monoisotopic (exact) mass is 618 g/mol. The molecule has 0 saturated heterocycles. The van der Waals surface area contributed by atoms with E-state index in [-0.39, 0.29) is 37.4 Å². The molecule has 2 N–H and O–H groups in total. The standard InChI is InChI=1S/C29H27F5N6O4/c1-18(20-7-3-2-4-8-20)26(41)36-23-11-13-39(28(43)25(23)31)12-10-21(30)16-40-17-24(37-38-40)27(42)35-15-19-6-5-9-22(14-19)44-29(32,33)34/h2-9,11,13-14,17-18,21H,10,12,15-16H2,1H3,(H,35,42)(H,36,41). The Kier molecular flexibility index (Phi) is 10.1. The van der Waals surface area contributed by atoms with E-state index in [2.05, 4.69) is 25.7 Å². The second-order valence-electron chi connectivity index (χ2n) is 9.75. The number of benzene rings is 2. The fourth-order valence-corrected chi connectivity index (χ4v) is 4.14. The van der Waals surface area contributed by atoms with Crippen molar-refractivity contribution < 1.29 is 36.3 Å². The molecule has 2 unspecified atom stereocenters. The summed E-state index contributed by atoms with van der Waals surface area (Å²) in [4.78, 5) is 37.4. The molecule has 0 spiro atoms. The number of aromatic nitrogens is 4. The van der Waals surface area contributed by atoms with Crippen LogP contribution in [0.2, 0.25) is 0 Å². The summed E-state index contributed by atoms with van der Waals surface area (Å²) in [5, 5.41) is 12.3. The van der Waals surface area contributed by atoms with Crippen molar-refractivity contribution in [3.63, 3.8) is 0 Å². The molecule has 4 aromatic rings. The van der Waals surface area contributed by atoms with Crippen molar-refractivity contribution in [2.75, 3.05) is 5.32 Å². The molecule has 44 heavy (non-hydrogen) atoms. The molecule has 0 fully saturated rings. The molecule has 10 nitrogen and oxygen atoms in total. The lowest BCUT2D eigenvalue weighted by molar-refractivity contribution is -0.274. The van der Waals surface area contributed by atoms with Gasteiger partial charge in [0, 0.05) is 19.3 Å². The Morgan fingerprint density at radius 3 is 2.55 bits per heavy atom. The first-order valence-corrected chi connectivity index (χ1v) is 13.3. The van der Waals surface area contributed by atoms with Crippen LogP contribution in [0, 0.1) is 5.82 Å². The molecule has 0 aliphatic heterocycles. The maximum Gasteiger partial charge on any atom is 0.573 e. The van der Waals surface area contributed by atoms with Gasteiger partial charge in [0.25, 0.3) is 11.5 Å². The number of alkyl halides is 4. The molecule has 2 aromatic heterocycles. The first kappa shape index (κ1) is 31.8. The first-order chi connectivity index (χ1) is 20.9. The highest BCUT2D eigenvalue weighted by molar-refractivity contribution is 5.95. The van der Waals surface area contributed by atoms with Crippen LogP contribution in [0.4, 0.5) is 27.6 Å². The van der Waals surface area contributed by atoms with Gasteiger partial charge in [-0.1, -0.05) is 47.7 Å². The maximum atomic E-state index is 14.7. The first-order valence-electron chi connectivity index (χ1n) is 13.3. The topological polar surface area (TPSA) is 120 Å².